The molecule has 1 fully saturated rings. The number of hydrogen-bond acceptors (Lipinski definition) is 4. The Balaban J connectivity index is 1.86. The lowest BCUT2D eigenvalue weighted by Gasteiger charge is -2.34. The normalized spacial score (nSPS) is 15.3. The molecule has 6 heteroatoms. The molecule has 1 aliphatic rings. The van der Waals surface area contributed by atoms with Crippen LogP contribution in [-0.4, -0.2) is 68.0 Å². The van der Waals surface area contributed by atoms with Gasteiger partial charge in [-0.05, 0) is 18.6 Å². The molecule has 1 aromatic carbocycles. The van der Waals surface area contributed by atoms with Crippen LogP contribution in [0.1, 0.15) is 23.7 Å². The van der Waals surface area contributed by atoms with E-state index in [2.05, 4.69) is 10.2 Å². The van der Waals surface area contributed by atoms with Crippen molar-refractivity contribution in [2.75, 3.05) is 46.4 Å². The first kappa shape index (κ1) is 17.3. The van der Waals surface area contributed by atoms with Crippen LogP contribution in [0.4, 0.5) is 0 Å². The molecule has 1 aliphatic heterocycles. The summed E-state index contributed by atoms with van der Waals surface area (Å²) in [6.07, 6.45) is 0.937. The predicted molar refractivity (Wildman–Crippen MR) is 88.6 cm³/mol. The summed E-state index contributed by atoms with van der Waals surface area (Å²) in [5, 5.41) is 2.88. The largest absolute Gasteiger partial charge is 0.496 e. The number of nitrogens with one attached hydrogen (secondary N) is 1. The van der Waals surface area contributed by atoms with Gasteiger partial charge in [0.1, 0.15) is 5.75 Å². The van der Waals surface area contributed by atoms with Crippen LogP contribution in [0.3, 0.4) is 0 Å². The maximum atomic E-state index is 12.6. The topological polar surface area (TPSA) is 61.9 Å². The maximum absolute atomic E-state index is 12.6. The Morgan fingerprint density at radius 3 is 2.52 bits per heavy atom. The number of amides is 2. The first-order valence-electron chi connectivity index (χ1n) is 8.07. The van der Waals surface area contributed by atoms with E-state index in [9.17, 15) is 9.59 Å². The molecule has 1 heterocycles. The number of rotatable bonds is 6. The number of carbonyl (C=O) groups excluding carboxylic acids is 2. The molecule has 0 unspecified atom stereocenters. The van der Waals surface area contributed by atoms with E-state index < -0.39 is 0 Å². The minimum atomic E-state index is -0.0162. The third kappa shape index (κ3) is 4.69. The Labute approximate surface area is 137 Å². The minimum Gasteiger partial charge on any atom is -0.496 e. The van der Waals surface area contributed by atoms with Crippen molar-refractivity contribution >= 4 is 11.8 Å². The van der Waals surface area contributed by atoms with Gasteiger partial charge in [-0.15, -0.1) is 0 Å². The molecule has 0 atom stereocenters. The van der Waals surface area contributed by atoms with E-state index in [1.165, 1.54) is 0 Å². The second-order valence-corrected chi connectivity index (χ2v) is 5.62. The van der Waals surface area contributed by atoms with Crippen LogP contribution in [0.5, 0.6) is 5.75 Å². The van der Waals surface area contributed by atoms with E-state index in [0.717, 1.165) is 6.42 Å². The summed E-state index contributed by atoms with van der Waals surface area (Å²) in [6.45, 7) is 5.81. The standard InChI is InChI=1S/C17H25N3O3/c1-3-8-18-16(21)13-19-9-11-20(12-10-19)17(22)14-6-4-5-7-15(14)23-2/h4-7H,3,8-13H2,1-2H3,(H,18,21). The van der Waals surface area contributed by atoms with Crippen LogP contribution < -0.4 is 10.1 Å². The summed E-state index contributed by atoms with van der Waals surface area (Å²) >= 11 is 0. The highest BCUT2D eigenvalue weighted by Crippen LogP contribution is 2.20. The summed E-state index contributed by atoms with van der Waals surface area (Å²) in [5.41, 5.74) is 0.587. The summed E-state index contributed by atoms with van der Waals surface area (Å²) in [7, 11) is 1.57. The van der Waals surface area contributed by atoms with Gasteiger partial charge in [0.15, 0.2) is 0 Å². The van der Waals surface area contributed by atoms with Crippen molar-refractivity contribution in [2.24, 2.45) is 0 Å². The van der Waals surface area contributed by atoms with Crippen LogP contribution in [0.15, 0.2) is 24.3 Å². The highest BCUT2D eigenvalue weighted by molar-refractivity contribution is 5.97. The molecule has 0 aromatic heterocycles. The molecule has 0 spiro atoms. The van der Waals surface area contributed by atoms with Crippen molar-refractivity contribution in [3.8, 4) is 5.75 Å². The average molecular weight is 319 g/mol. The van der Waals surface area contributed by atoms with Crippen LogP contribution in [-0.2, 0) is 4.79 Å². The van der Waals surface area contributed by atoms with Crippen molar-refractivity contribution in [3.05, 3.63) is 29.8 Å². The average Bonchev–Trinajstić information content (AvgIpc) is 2.60. The second-order valence-electron chi connectivity index (χ2n) is 5.62. The summed E-state index contributed by atoms with van der Waals surface area (Å²) in [6, 6.07) is 7.26. The number of piperazine rings is 1. The Morgan fingerprint density at radius 2 is 1.87 bits per heavy atom. The van der Waals surface area contributed by atoms with Gasteiger partial charge in [0, 0.05) is 32.7 Å². The summed E-state index contributed by atoms with van der Waals surface area (Å²) in [4.78, 5) is 28.2. The highest BCUT2D eigenvalue weighted by atomic mass is 16.5. The molecule has 126 valence electrons. The van der Waals surface area contributed by atoms with E-state index in [1.54, 1.807) is 19.2 Å². The Morgan fingerprint density at radius 1 is 1.17 bits per heavy atom. The van der Waals surface area contributed by atoms with Crippen molar-refractivity contribution in [2.45, 2.75) is 13.3 Å². The van der Waals surface area contributed by atoms with E-state index in [1.807, 2.05) is 24.0 Å². The fraction of sp³-hybridized carbons (Fsp3) is 0.529. The molecule has 2 amide bonds. The summed E-state index contributed by atoms with van der Waals surface area (Å²) < 4.78 is 5.26. The van der Waals surface area contributed by atoms with E-state index in [4.69, 9.17) is 4.74 Å². The third-order valence-corrected chi connectivity index (χ3v) is 3.94. The van der Waals surface area contributed by atoms with Crippen LogP contribution >= 0.6 is 0 Å². The Bertz CT molecular complexity index is 540. The second kappa shape index (κ2) is 8.53. The third-order valence-electron chi connectivity index (χ3n) is 3.94. The molecule has 1 aromatic rings. The molecule has 0 saturated carbocycles. The van der Waals surface area contributed by atoms with Crippen molar-refractivity contribution in [1.82, 2.24) is 15.1 Å². The van der Waals surface area contributed by atoms with Gasteiger partial charge in [-0.1, -0.05) is 19.1 Å². The van der Waals surface area contributed by atoms with Gasteiger partial charge < -0.3 is 15.0 Å². The smallest absolute Gasteiger partial charge is 0.257 e. The number of methoxy groups -OCH3 is 1. The molecule has 0 radical (unpaired) electrons. The molecular weight excluding hydrogens is 294 g/mol. The number of carbonyl (C=O) groups is 2. The zero-order valence-corrected chi connectivity index (χ0v) is 13.9. The molecule has 1 N–H and O–H groups in total. The molecule has 6 nitrogen and oxygen atoms in total. The monoisotopic (exact) mass is 319 g/mol. The maximum Gasteiger partial charge on any atom is 0.257 e. The first-order valence-corrected chi connectivity index (χ1v) is 8.07. The lowest BCUT2D eigenvalue weighted by atomic mass is 10.1. The number of hydrogen-bond donors (Lipinski definition) is 1. The minimum absolute atomic E-state index is 0.0162. The number of ether oxygens (including phenoxy) is 1. The van der Waals surface area contributed by atoms with Gasteiger partial charge in [-0.3, -0.25) is 14.5 Å². The van der Waals surface area contributed by atoms with Gasteiger partial charge in [0.25, 0.3) is 5.91 Å². The molecule has 0 aliphatic carbocycles. The molecule has 2 rings (SSSR count). The van der Waals surface area contributed by atoms with Gasteiger partial charge in [0.05, 0.1) is 19.2 Å². The van der Waals surface area contributed by atoms with Gasteiger partial charge >= 0.3 is 0 Å². The fourth-order valence-corrected chi connectivity index (χ4v) is 2.62. The zero-order valence-electron chi connectivity index (χ0n) is 13.9. The predicted octanol–water partition coefficient (Wildman–Crippen LogP) is 0.979. The summed E-state index contributed by atoms with van der Waals surface area (Å²) in [5.74, 6) is 0.632. The molecule has 0 bridgehead atoms. The highest BCUT2D eigenvalue weighted by Gasteiger charge is 2.24. The Kier molecular flexibility index (Phi) is 6.40. The number of nitrogens with zero attached hydrogens (tertiary/aromatic N) is 2. The van der Waals surface area contributed by atoms with E-state index in [0.29, 0.717) is 50.6 Å². The molecule has 1 saturated heterocycles. The number of benzene rings is 1. The van der Waals surface area contributed by atoms with Gasteiger partial charge in [-0.25, -0.2) is 0 Å². The first-order chi connectivity index (χ1) is 11.2. The quantitative estimate of drug-likeness (QED) is 0.849. The van der Waals surface area contributed by atoms with Crippen molar-refractivity contribution < 1.29 is 14.3 Å². The fourth-order valence-electron chi connectivity index (χ4n) is 2.62. The lowest BCUT2D eigenvalue weighted by Crippen LogP contribution is -2.51. The van der Waals surface area contributed by atoms with Gasteiger partial charge in [-0.2, -0.15) is 0 Å². The van der Waals surface area contributed by atoms with Crippen LogP contribution in [0, 0.1) is 0 Å². The van der Waals surface area contributed by atoms with E-state index >= 15 is 0 Å². The van der Waals surface area contributed by atoms with Crippen LogP contribution in [0.2, 0.25) is 0 Å². The number of para-hydroxylation sites is 1. The van der Waals surface area contributed by atoms with Crippen LogP contribution in [0.25, 0.3) is 0 Å². The van der Waals surface area contributed by atoms with Crippen molar-refractivity contribution in [1.29, 1.82) is 0 Å². The molecule has 23 heavy (non-hydrogen) atoms. The van der Waals surface area contributed by atoms with Crippen molar-refractivity contribution in [3.63, 3.8) is 0 Å². The lowest BCUT2D eigenvalue weighted by molar-refractivity contribution is -0.122. The van der Waals surface area contributed by atoms with Gasteiger partial charge in [0.2, 0.25) is 5.91 Å². The zero-order chi connectivity index (χ0) is 16.7. The van der Waals surface area contributed by atoms with E-state index in [-0.39, 0.29) is 11.8 Å². The Hall–Kier alpha value is -2.08. The molecular formula is C17H25N3O3. The SMILES string of the molecule is CCCNC(=O)CN1CCN(C(=O)c2ccccc2OC)CC1.